The molecule has 0 bridgehead atoms. The first-order valence-electron chi connectivity index (χ1n) is 6.27. The number of nitrogens with one attached hydrogen (secondary N) is 1. The van der Waals surface area contributed by atoms with Gasteiger partial charge >= 0.3 is 0 Å². The molecule has 92 valence electrons. The molecule has 0 aromatic rings. The van der Waals surface area contributed by atoms with Crippen molar-refractivity contribution in [3.8, 4) is 0 Å². The zero-order valence-electron chi connectivity index (χ0n) is 10.3. The third-order valence-electron chi connectivity index (χ3n) is 2.43. The van der Waals surface area contributed by atoms with Crippen molar-refractivity contribution >= 4 is 0 Å². The van der Waals surface area contributed by atoms with E-state index in [0.29, 0.717) is 6.04 Å². The molecule has 0 fully saturated rings. The Hall–Kier alpha value is -0.120. The van der Waals surface area contributed by atoms with Crippen LogP contribution in [-0.4, -0.2) is 37.5 Å². The molecule has 1 atom stereocenters. The number of likely N-dealkylation sites (N-methyl/N-ethyl adjacent to an activating group) is 1. The zero-order valence-corrected chi connectivity index (χ0v) is 10.3. The summed E-state index contributed by atoms with van der Waals surface area (Å²) in [7, 11) is 0. The molecule has 3 heteroatoms. The largest absolute Gasteiger partial charge is 0.396 e. The Bertz CT molecular complexity index is 114. The average Bonchev–Trinajstić information content (AvgIpc) is 2.24. The molecule has 0 radical (unpaired) electrons. The van der Waals surface area contributed by atoms with Gasteiger partial charge in [0, 0.05) is 19.3 Å². The molecular formula is C12H27NO2. The highest BCUT2D eigenvalue weighted by Gasteiger charge is 2.05. The number of aliphatic hydroxyl groups is 1. The molecule has 0 aliphatic heterocycles. The predicted octanol–water partition coefficient (Wildman–Crippen LogP) is 1.94. The Balaban J connectivity index is 3.28. The lowest BCUT2D eigenvalue weighted by Gasteiger charge is -2.16. The van der Waals surface area contributed by atoms with Crippen molar-refractivity contribution in [2.45, 2.75) is 52.0 Å². The Labute approximate surface area is 94.2 Å². The Kier molecular flexibility index (Phi) is 11.9. The molecule has 0 aromatic heterocycles. The summed E-state index contributed by atoms with van der Waals surface area (Å²) in [5.41, 5.74) is 0. The fourth-order valence-corrected chi connectivity index (χ4v) is 1.55. The Morgan fingerprint density at radius 2 is 2.00 bits per heavy atom. The molecule has 0 heterocycles. The lowest BCUT2D eigenvalue weighted by atomic mass is 10.2. The van der Waals surface area contributed by atoms with E-state index in [1.807, 2.05) is 0 Å². The van der Waals surface area contributed by atoms with Crippen molar-refractivity contribution in [2.75, 3.05) is 26.4 Å². The van der Waals surface area contributed by atoms with Gasteiger partial charge in [-0.15, -0.1) is 0 Å². The second kappa shape index (κ2) is 12.0. The van der Waals surface area contributed by atoms with Gasteiger partial charge in [-0.1, -0.05) is 33.1 Å². The first-order valence-corrected chi connectivity index (χ1v) is 6.27. The van der Waals surface area contributed by atoms with E-state index in [2.05, 4.69) is 19.2 Å². The number of rotatable bonds is 11. The Morgan fingerprint density at radius 3 is 2.60 bits per heavy atom. The summed E-state index contributed by atoms with van der Waals surface area (Å²) < 4.78 is 5.57. The lowest BCUT2D eigenvalue weighted by molar-refractivity contribution is 0.0990. The lowest BCUT2D eigenvalue weighted by Crippen LogP contribution is -2.34. The minimum absolute atomic E-state index is 0.233. The van der Waals surface area contributed by atoms with E-state index in [4.69, 9.17) is 9.84 Å². The van der Waals surface area contributed by atoms with Crippen LogP contribution in [0.3, 0.4) is 0 Å². The van der Waals surface area contributed by atoms with Gasteiger partial charge in [0.2, 0.25) is 0 Å². The molecule has 2 N–H and O–H groups in total. The van der Waals surface area contributed by atoms with Gasteiger partial charge in [0.1, 0.15) is 0 Å². The second-order valence-corrected chi connectivity index (χ2v) is 3.90. The molecule has 15 heavy (non-hydrogen) atoms. The molecular weight excluding hydrogens is 190 g/mol. The van der Waals surface area contributed by atoms with Crippen molar-refractivity contribution in [3.63, 3.8) is 0 Å². The van der Waals surface area contributed by atoms with E-state index in [1.54, 1.807) is 0 Å². The summed E-state index contributed by atoms with van der Waals surface area (Å²) in [5, 5.41) is 12.1. The summed E-state index contributed by atoms with van der Waals surface area (Å²) in [6.45, 7) is 7.03. The Morgan fingerprint density at radius 1 is 1.20 bits per heavy atom. The van der Waals surface area contributed by atoms with Crippen molar-refractivity contribution in [1.82, 2.24) is 5.32 Å². The summed E-state index contributed by atoms with van der Waals surface area (Å²) >= 11 is 0. The summed E-state index contributed by atoms with van der Waals surface area (Å²) in [4.78, 5) is 0. The summed E-state index contributed by atoms with van der Waals surface area (Å²) in [6.07, 6.45) is 5.78. The van der Waals surface area contributed by atoms with Gasteiger partial charge in [0.15, 0.2) is 0 Å². The van der Waals surface area contributed by atoms with Crippen molar-refractivity contribution in [3.05, 3.63) is 0 Å². The van der Waals surface area contributed by atoms with Crippen LogP contribution in [-0.2, 0) is 4.74 Å². The van der Waals surface area contributed by atoms with Crippen LogP contribution in [0.2, 0.25) is 0 Å². The summed E-state index contributed by atoms with van der Waals surface area (Å²) in [6, 6.07) is 0.311. The van der Waals surface area contributed by atoms with E-state index in [0.717, 1.165) is 32.6 Å². The summed E-state index contributed by atoms with van der Waals surface area (Å²) in [5.74, 6) is 0. The molecule has 0 aromatic carbocycles. The number of hydrogen-bond donors (Lipinski definition) is 2. The molecule has 3 nitrogen and oxygen atoms in total. The van der Waals surface area contributed by atoms with Crippen molar-refractivity contribution in [1.29, 1.82) is 0 Å². The SMILES string of the molecule is CCCCCCOCC(CCO)NCC. The highest BCUT2D eigenvalue weighted by molar-refractivity contribution is 4.64. The molecule has 0 spiro atoms. The maximum absolute atomic E-state index is 8.84. The van der Waals surface area contributed by atoms with Gasteiger partial charge in [-0.2, -0.15) is 0 Å². The first kappa shape index (κ1) is 14.9. The van der Waals surface area contributed by atoms with E-state index < -0.39 is 0 Å². The third-order valence-corrected chi connectivity index (χ3v) is 2.43. The number of ether oxygens (including phenoxy) is 1. The van der Waals surface area contributed by atoms with Crippen LogP contribution in [0.25, 0.3) is 0 Å². The normalized spacial score (nSPS) is 13.0. The van der Waals surface area contributed by atoms with Gasteiger partial charge in [-0.25, -0.2) is 0 Å². The second-order valence-electron chi connectivity index (χ2n) is 3.90. The molecule has 1 unspecified atom stereocenters. The van der Waals surface area contributed by atoms with Crippen LogP contribution >= 0.6 is 0 Å². The van der Waals surface area contributed by atoms with Crippen LogP contribution in [0, 0.1) is 0 Å². The maximum atomic E-state index is 8.84. The highest BCUT2D eigenvalue weighted by atomic mass is 16.5. The van der Waals surface area contributed by atoms with E-state index in [-0.39, 0.29) is 6.61 Å². The number of hydrogen-bond acceptors (Lipinski definition) is 3. The van der Waals surface area contributed by atoms with Crippen LogP contribution in [0.5, 0.6) is 0 Å². The van der Waals surface area contributed by atoms with Crippen LogP contribution in [0.1, 0.15) is 46.0 Å². The molecule has 0 aliphatic carbocycles. The van der Waals surface area contributed by atoms with Crippen molar-refractivity contribution in [2.24, 2.45) is 0 Å². The molecule has 0 rings (SSSR count). The molecule has 0 aliphatic rings. The van der Waals surface area contributed by atoms with Gasteiger partial charge in [-0.05, 0) is 19.4 Å². The van der Waals surface area contributed by atoms with Gasteiger partial charge in [0.05, 0.1) is 6.61 Å². The van der Waals surface area contributed by atoms with E-state index in [1.165, 1.54) is 19.3 Å². The number of unbranched alkanes of at least 4 members (excludes halogenated alkanes) is 3. The van der Waals surface area contributed by atoms with Crippen molar-refractivity contribution < 1.29 is 9.84 Å². The van der Waals surface area contributed by atoms with Crippen LogP contribution < -0.4 is 5.32 Å². The smallest absolute Gasteiger partial charge is 0.0620 e. The molecule has 0 amide bonds. The minimum Gasteiger partial charge on any atom is -0.396 e. The van der Waals surface area contributed by atoms with Gasteiger partial charge in [0.25, 0.3) is 0 Å². The fourth-order valence-electron chi connectivity index (χ4n) is 1.55. The fraction of sp³-hybridized carbons (Fsp3) is 1.00. The zero-order chi connectivity index (χ0) is 11.4. The minimum atomic E-state index is 0.233. The van der Waals surface area contributed by atoms with Gasteiger partial charge in [-0.3, -0.25) is 0 Å². The third kappa shape index (κ3) is 10.2. The standard InChI is InChI=1S/C12H27NO2/c1-3-5-6-7-10-15-11-12(8-9-14)13-4-2/h12-14H,3-11H2,1-2H3. The predicted molar refractivity (Wildman–Crippen MR) is 64.1 cm³/mol. The highest BCUT2D eigenvalue weighted by Crippen LogP contribution is 2.00. The van der Waals surface area contributed by atoms with E-state index in [9.17, 15) is 0 Å². The monoisotopic (exact) mass is 217 g/mol. The molecule has 0 saturated heterocycles. The first-order chi connectivity index (χ1) is 7.35. The van der Waals surface area contributed by atoms with Gasteiger partial charge < -0.3 is 15.2 Å². The quantitative estimate of drug-likeness (QED) is 0.520. The van der Waals surface area contributed by atoms with E-state index >= 15 is 0 Å². The average molecular weight is 217 g/mol. The molecule has 0 saturated carbocycles. The van der Waals surface area contributed by atoms with Crippen LogP contribution in [0.15, 0.2) is 0 Å². The van der Waals surface area contributed by atoms with Crippen LogP contribution in [0.4, 0.5) is 0 Å². The number of aliphatic hydroxyl groups excluding tert-OH is 1. The maximum Gasteiger partial charge on any atom is 0.0620 e. The topological polar surface area (TPSA) is 41.5 Å².